The Labute approximate surface area is 117 Å². The Morgan fingerprint density at radius 1 is 1.42 bits per heavy atom. The van der Waals surface area contributed by atoms with E-state index in [1.54, 1.807) is 0 Å². The van der Waals surface area contributed by atoms with Gasteiger partial charge < -0.3 is 15.4 Å². The van der Waals surface area contributed by atoms with E-state index in [9.17, 15) is 4.79 Å². The van der Waals surface area contributed by atoms with Gasteiger partial charge in [-0.2, -0.15) is 0 Å². The largest absolute Gasteiger partial charge is 0.370 e. The summed E-state index contributed by atoms with van der Waals surface area (Å²) in [6, 6.07) is 0. The van der Waals surface area contributed by atoms with Crippen LogP contribution < -0.4 is 5.73 Å². The van der Waals surface area contributed by atoms with Crippen LogP contribution in [0, 0.1) is 11.3 Å². The van der Waals surface area contributed by atoms with E-state index < -0.39 is 0 Å². The van der Waals surface area contributed by atoms with E-state index in [1.807, 2.05) is 11.8 Å². The fourth-order valence-corrected chi connectivity index (χ4v) is 2.92. The quantitative estimate of drug-likeness (QED) is 0.850. The molecule has 0 aromatic carbocycles. The molecule has 1 heterocycles. The zero-order valence-electron chi connectivity index (χ0n) is 13.1. The Balaban J connectivity index is 2.48. The van der Waals surface area contributed by atoms with Crippen molar-refractivity contribution in [1.29, 1.82) is 0 Å². The molecule has 1 saturated heterocycles. The molecule has 0 bridgehead atoms. The second-order valence-corrected chi connectivity index (χ2v) is 7.18. The van der Waals surface area contributed by atoms with Gasteiger partial charge in [0.1, 0.15) is 0 Å². The summed E-state index contributed by atoms with van der Waals surface area (Å²) >= 11 is 0. The van der Waals surface area contributed by atoms with E-state index in [0.717, 1.165) is 6.42 Å². The molecule has 0 aromatic heterocycles. The highest BCUT2D eigenvalue weighted by atomic mass is 16.5. The predicted molar refractivity (Wildman–Crippen MR) is 77.8 cm³/mol. The van der Waals surface area contributed by atoms with Crippen LogP contribution in [-0.2, 0) is 9.53 Å². The Kier molecular flexibility index (Phi) is 5.81. The Bertz CT molecular complexity index is 299. The number of ether oxygens (including phenoxy) is 1. The normalized spacial score (nSPS) is 26.3. The van der Waals surface area contributed by atoms with Crippen LogP contribution >= 0.6 is 0 Å². The highest BCUT2D eigenvalue weighted by Gasteiger charge is 2.28. The van der Waals surface area contributed by atoms with E-state index in [-0.39, 0.29) is 23.5 Å². The van der Waals surface area contributed by atoms with Gasteiger partial charge in [-0.15, -0.1) is 0 Å². The molecule has 0 radical (unpaired) electrons. The number of hydrogen-bond acceptors (Lipinski definition) is 3. The molecule has 4 nitrogen and oxygen atoms in total. The highest BCUT2D eigenvalue weighted by molar-refractivity contribution is 5.76. The maximum absolute atomic E-state index is 12.3. The van der Waals surface area contributed by atoms with Crippen molar-refractivity contribution in [1.82, 2.24) is 4.90 Å². The third-order valence-electron chi connectivity index (χ3n) is 3.43. The van der Waals surface area contributed by atoms with Crippen molar-refractivity contribution in [2.75, 3.05) is 19.6 Å². The van der Waals surface area contributed by atoms with Gasteiger partial charge in [0.25, 0.3) is 0 Å². The Hall–Kier alpha value is -0.610. The van der Waals surface area contributed by atoms with Crippen molar-refractivity contribution in [2.45, 2.75) is 59.7 Å². The van der Waals surface area contributed by atoms with E-state index >= 15 is 0 Å². The third-order valence-corrected chi connectivity index (χ3v) is 3.43. The lowest BCUT2D eigenvalue weighted by Crippen LogP contribution is -2.51. The molecular weight excluding hydrogens is 240 g/mol. The zero-order chi connectivity index (χ0) is 14.6. The summed E-state index contributed by atoms with van der Waals surface area (Å²) in [5.41, 5.74) is 5.92. The molecule has 3 atom stereocenters. The maximum atomic E-state index is 12.3. The first-order valence-corrected chi connectivity index (χ1v) is 7.34. The summed E-state index contributed by atoms with van der Waals surface area (Å²) in [6.07, 6.45) is 1.77. The number of rotatable bonds is 4. The molecule has 0 aromatic rings. The monoisotopic (exact) mass is 270 g/mol. The van der Waals surface area contributed by atoms with Gasteiger partial charge in [0.05, 0.1) is 12.2 Å². The van der Waals surface area contributed by atoms with Crippen LogP contribution in [0.5, 0.6) is 0 Å². The lowest BCUT2D eigenvalue weighted by Gasteiger charge is -2.37. The lowest BCUT2D eigenvalue weighted by molar-refractivity contribution is -0.144. The van der Waals surface area contributed by atoms with Gasteiger partial charge in [-0.3, -0.25) is 4.79 Å². The number of carbonyl (C=O) groups is 1. The lowest BCUT2D eigenvalue weighted by atomic mass is 9.84. The summed E-state index contributed by atoms with van der Waals surface area (Å²) in [6.45, 7) is 12.6. The summed E-state index contributed by atoms with van der Waals surface area (Å²) in [7, 11) is 0. The number of amides is 1. The van der Waals surface area contributed by atoms with Gasteiger partial charge in [0, 0.05) is 26.1 Å². The summed E-state index contributed by atoms with van der Waals surface area (Å²) < 4.78 is 5.68. The first-order valence-electron chi connectivity index (χ1n) is 7.34. The number of carbonyl (C=O) groups excluding carboxylic acids is 1. The van der Waals surface area contributed by atoms with Crippen LogP contribution in [0.2, 0.25) is 0 Å². The van der Waals surface area contributed by atoms with Crippen LogP contribution in [0.15, 0.2) is 0 Å². The van der Waals surface area contributed by atoms with Gasteiger partial charge >= 0.3 is 0 Å². The van der Waals surface area contributed by atoms with Crippen molar-refractivity contribution in [2.24, 2.45) is 17.1 Å². The summed E-state index contributed by atoms with van der Waals surface area (Å²) in [5.74, 6) is 0.660. The molecule has 1 fully saturated rings. The second kappa shape index (κ2) is 6.71. The van der Waals surface area contributed by atoms with E-state index in [4.69, 9.17) is 10.5 Å². The first kappa shape index (κ1) is 16.4. The molecule has 1 aliphatic rings. The summed E-state index contributed by atoms with van der Waals surface area (Å²) in [4.78, 5) is 14.3. The fraction of sp³-hybridized carbons (Fsp3) is 0.933. The smallest absolute Gasteiger partial charge is 0.223 e. The Morgan fingerprint density at radius 3 is 2.58 bits per heavy atom. The predicted octanol–water partition coefficient (Wildman–Crippen LogP) is 2.02. The van der Waals surface area contributed by atoms with Crippen molar-refractivity contribution in [3.8, 4) is 0 Å². The number of nitrogens with two attached hydrogens (primary N) is 1. The van der Waals surface area contributed by atoms with Crippen molar-refractivity contribution >= 4 is 5.91 Å². The zero-order valence-corrected chi connectivity index (χ0v) is 13.1. The minimum absolute atomic E-state index is 0.00868. The average Bonchev–Trinajstić information content (AvgIpc) is 2.25. The third kappa shape index (κ3) is 5.91. The molecule has 4 heteroatoms. The molecule has 0 saturated carbocycles. The molecule has 112 valence electrons. The average molecular weight is 270 g/mol. The molecule has 1 amide bonds. The van der Waals surface area contributed by atoms with Gasteiger partial charge in [-0.25, -0.2) is 0 Å². The molecule has 0 spiro atoms. The highest BCUT2D eigenvalue weighted by Crippen LogP contribution is 2.26. The molecule has 19 heavy (non-hydrogen) atoms. The van der Waals surface area contributed by atoms with Gasteiger partial charge in [-0.05, 0) is 24.7 Å². The minimum Gasteiger partial charge on any atom is -0.370 e. The number of hydrogen-bond donors (Lipinski definition) is 1. The standard InChI is InChI=1S/C15H30N2O2/c1-11(7-15(3,4)5)6-14(18)17-9-12(2)19-13(8-16)10-17/h11-13H,6-10,16H2,1-5H3. The van der Waals surface area contributed by atoms with Crippen molar-refractivity contribution in [3.05, 3.63) is 0 Å². The molecule has 1 rings (SSSR count). The van der Waals surface area contributed by atoms with Crippen LogP contribution in [0.25, 0.3) is 0 Å². The van der Waals surface area contributed by atoms with E-state index in [1.165, 1.54) is 0 Å². The van der Waals surface area contributed by atoms with Crippen molar-refractivity contribution < 1.29 is 9.53 Å². The van der Waals surface area contributed by atoms with Gasteiger partial charge in [-0.1, -0.05) is 27.7 Å². The molecular formula is C15H30N2O2. The fourth-order valence-electron chi connectivity index (χ4n) is 2.92. The summed E-state index contributed by atoms with van der Waals surface area (Å²) in [5, 5.41) is 0. The van der Waals surface area contributed by atoms with E-state index in [0.29, 0.717) is 32.0 Å². The topological polar surface area (TPSA) is 55.6 Å². The first-order chi connectivity index (χ1) is 8.71. The molecule has 3 unspecified atom stereocenters. The van der Waals surface area contributed by atoms with Gasteiger partial charge in [0.2, 0.25) is 5.91 Å². The number of nitrogens with zero attached hydrogens (tertiary/aromatic N) is 1. The van der Waals surface area contributed by atoms with Crippen LogP contribution in [-0.4, -0.2) is 42.6 Å². The van der Waals surface area contributed by atoms with Crippen LogP contribution in [0.4, 0.5) is 0 Å². The maximum Gasteiger partial charge on any atom is 0.223 e. The minimum atomic E-state index is -0.00868. The SMILES string of the molecule is CC(CC(=O)N1CC(C)OC(CN)C1)CC(C)(C)C. The molecule has 0 aliphatic carbocycles. The van der Waals surface area contributed by atoms with Crippen LogP contribution in [0.1, 0.15) is 47.5 Å². The van der Waals surface area contributed by atoms with Crippen LogP contribution in [0.3, 0.4) is 0 Å². The van der Waals surface area contributed by atoms with E-state index in [2.05, 4.69) is 27.7 Å². The molecule has 2 N–H and O–H groups in total. The van der Waals surface area contributed by atoms with Gasteiger partial charge in [0.15, 0.2) is 0 Å². The molecule has 1 aliphatic heterocycles. The number of morpholine rings is 1. The second-order valence-electron chi connectivity index (χ2n) is 7.18. The van der Waals surface area contributed by atoms with Crippen molar-refractivity contribution in [3.63, 3.8) is 0 Å². The Morgan fingerprint density at radius 2 is 2.05 bits per heavy atom.